The molecule has 2 N–H and O–H groups in total. The Labute approximate surface area is 70.8 Å². The van der Waals surface area contributed by atoms with E-state index in [0.717, 1.165) is 16.5 Å². The second-order valence-electron chi connectivity index (χ2n) is 3.02. The molecule has 2 rings (SSSR count). The minimum atomic E-state index is 0.107. The Bertz CT molecular complexity index is 403. The molecular weight excluding hydrogens is 150 g/mol. The molecule has 2 nitrogen and oxygen atoms in total. The number of hydrogen-bond acceptors (Lipinski definition) is 1. The summed E-state index contributed by atoms with van der Waals surface area (Å²) < 4.78 is 0. The summed E-state index contributed by atoms with van der Waals surface area (Å²) in [6.07, 6.45) is 1.89. The normalized spacial score (nSPS) is 10.8. The van der Waals surface area contributed by atoms with Crippen LogP contribution >= 0.6 is 0 Å². The highest BCUT2D eigenvalue weighted by Gasteiger charge is 2.01. The van der Waals surface area contributed by atoms with Gasteiger partial charge in [-0.05, 0) is 30.2 Å². The van der Waals surface area contributed by atoms with Crippen LogP contribution in [-0.4, -0.2) is 10.1 Å². The average molecular weight is 161 g/mol. The molecule has 2 heteroatoms. The lowest BCUT2D eigenvalue weighted by Crippen LogP contribution is -1.85. The van der Waals surface area contributed by atoms with E-state index in [1.165, 1.54) is 5.56 Å². The van der Waals surface area contributed by atoms with Crippen LogP contribution in [0.2, 0.25) is 0 Å². The van der Waals surface area contributed by atoms with Crippen molar-refractivity contribution in [2.24, 2.45) is 0 Å². The number of fused-ring (bicyclic) bond motifs is 1. The molecule has 1 aromatic heterocycles. The second-order valence-corrected chi connectivity index (χ2v) is 3.02. The Balaban J connectivity index is 2.80. The summed E-state index contributed by atoms with van der Waals surface area (Å²) in [5.74, 6) is 0. The van der Waals surface area contributed by atoms with Gasteiger partial charge in [-0.25, -0.2) is 0 Å². The number of aliphatic hydroxyl groups is 1. The summed E-state index contributed by atoms with van der Waals surface area (Å²) in [5, 5.41) is 10.2. The third-order valence-electron chi connectivity index (χ3n) is 2.07. The van der Waals surface area contributed by atoms with E-state index in [-0.39, 0.29) is 6.61 Å². The Morgan fingerprint density at radius 3 is 3.00 bits per heavy atom. The summed E-state index contributed by atoms with van der Waals surface area (Å²) in [6.45, 7) is 2.13. The summed E-state index contributed by atoms with van der Waals surface area (Å²) in [5.41, 5.74) is 3.26. The highest BCUT2D eigenvalue weighted by molar-refractivity contribution is 5.83. The number of H-pyrrole nitrogens is 1. The third kappa shape index (κ3) is 1.01. The van der Waals surface area contributed by atoms with Crippen molar-refractivity contribution in [1.82, 2.24) is 4.98 Å². The molecule has 1 heterocycles. The van der Waals surface area contributed by atoms with Crippen LogP contribution in [0.3, 0.4) is 0 Å². The van der Waals surface area contributed by atoms with Gasteiger partial charge in [0.05, 0.1) is 6.61 Å². The topological polar surface area (TPSA) is 36.0 Å². The molecule has 0 atom stereocenters. The fourth-order valence-corrected chi connectivity index (χ4v) is 1.53. The first-order valence-corrected chi connectivity index (χ1v) is 3.99. The van der Waals surface area contributed by atoms with Gasteiger partial charge < -0.3 is 10.1 Å². The standard InChI is InChI=1S/C10H11NO/c1-7-4-8(6-12)9-2-3-11-10(9)5-7/h2-5,11-12H,6H2,1H3. The second kappa shape index (κ2) is 2.64. The maximum absolute atomic E-state index is 9.06. The Morgan fingerprint density at radius 2 is 2.25 bits per heavy atom. The molecule has 0 amide bonds. The Kier molecular flexibility index (Phi) is 1.62. The molecule has 0 saturated carbocycles. The highest BCUT2D eigenvalue weighted by atomic mass is 16.3. The molecule has 0 radical (unpaired) electrons. The van der Waals surface area contributed by atoms with E-state index in [0.29, 0.717) is 0 Å². The molecule has 0 bridgehead atoms. The van der Waals surface area contributed by atoms with Crippen molar-refractivity contribution in [3.63, 3.8) is 0 Å². The van der Waals surface area contributed by atoms with E-state index in [4.69, 9.17) is 5.11 Å². The first kappa shape index (κ1) is 7.37. The maximum Gasteiger partial charge on any atom is 0.0688 e. The van der Waals surface area contributed by atoms with Crippen LogP contribution in [0.4, 0.5) is 0 Å². The molecule has 0 saturated heterocycles. The molecule has 0 aliphatic carbocycles. The minimum Gasteiger partial charge on any atom is -0.392 e. The third-order valence-corrected chi connectivity index (χ3v) is 2.07. The zero-order chi connectivity index (χ0) is 8.55. The van der Waals surface area contributed by atoms with Gasteiger partial charge in [0.1, 0.15) is 0 Å². The number of aliphatic hydroxyl groups excluding tert-OH is 1. The number of hydrogen-bond donors (Lipinski definition) is 2. The quantitative estimate of drug-likeness (QED) is 0.659. The van der Waals surface area contributed by atoms with E-state index >= 15 is 0 Å². The van der Waals surface area contributed by atoms with Gasteiger partial charge in [0, 0.05) is 17.1 Å². The largest absolute Gasteiger partial charge is 0.392 e. The number of aromatic amines is 1. The molecule has 0 aliphatic heterocycles. The van der Waals surface area contributed by atoms with Gasteiger partial charge in [-0.1, -0.05) is 6.07 Å². The molecule has 0 aliphatic rings. The van der Waals surface area contributed by atoms with Crippen molar-refractivity contribution in [2.45, 2.75) is 13.5 Å². The van der Waals surface area contributed by atoms with Gasteiger partial charge in [-0.2, -0.15) is 0 Å². The van der Waals surface area contributed by atoms with Gasteiger partial charge in [0.15, 0.2) is 0 Å². The van der Waals surface area contributed by atoms with Gasteiger partial charge >= 0.3 is 0 Å². The SMILES string of the molecule is Cc1cc(CO)c2cc[nH]c2c1. The summed E-state index contributed by atoms with van der Waals surface area (Å²) in [7, 11) is 0. The number of rotatable bonds is 1. The molecule has 0 spiro atoms. The van der Waals surface area contributed by atoms with Crippen LogP contribution in [0.25, 0.3) is 10.9 Å². The molecule has 0 unspecified atom stereocenters. The van der Waals surface area contributed by atoms with Crippen LogP contribution in [-0.2, 0) is 6.61 Å². The van der Waals surface area contributed by atoms with Crippen LogP contribution in [0.5, 0.6) is 0 Å². The minimum absolute atomic E-state index is 0.107. The van der Waals surface area contributed by atoms with Gasteiger partial charge in [0.2, 0.25) is 0 Å². The number of nitrogens with one attached hydrogen (secondary N) is 1. The van der Waals surface area contributed by atoms with Gasteiger partial charge in [-0.15, -0.1) is 0 Å². The van der Waals surface area contributed by atoms with Gasteiger partial charge in [-0.3, -0.25) is 0 Å². The molecule has 2 aromatic rings. The van der Waals surface area contributed by atoms with E-state index in [9.17, 15) is 0 Å². The summed E-state index contributed by atoms with van der Waals surface area (Å²) in [6, 6.07) is 6.07. The number of aryl methyl sites for hydroxylation is 1. The first-order valence-electron chi connectivity index (χ1n) is 3.99. The van der Waals surface area contributed by atoms with Crippen LogP contribution in [0, 0.1) is 6.92 Å². The lowest BCUT2D eigenvalue weighted by molar-refractivity contribution is 0.283. The molecule has 62 valence electrons. The Morgan fingerprint density at radius 1 is 1.42 bits per heavy atom. The lowest BCUT2D eigenvalue weighted by atomic mass is 10.1. The fraction of sp³-hybridized carbons (Fsp3) is 0.200. The van der Waals surface area contributed by atoms with Crippen LogP contribution in [0.15, 0.2) is 24.4 Å². The molecular formula is C10H11NO. The lowest BCUT2D eigenvalue weighted by Gasteiger charge is -2.00. The zero-order valence-electron chi connectivity index (χ0n) is 6.96. The van der Waals surface area contributed by atoms with E-state index < -0.39 is 0 Å². The van der Waals surface area contributed by atoms with Crippen molar-refractivity contribution in [3.05, 3.63) is 35.5 Å². The number of aromatic nitrogens is 1. The predicted octanol–water partition coefficient (Wildman–Crippen LogP) is 1.97. The molecule has 12 heavy (non-hydrogen) atoms. The predicted molar refractivity (Wildman–Crippen MR) is 49.0 cm³/mol. The summed E-state index contributed by atoms with van der Waals surface area (Å²) >= 11 is 0. The molecule has 1 aromatic carbocycles. The van der Waals surface area contributed by atoms with Crippen LogP contribution < -0.4 is 0 Å². The first-order chi connectivity index (χ1) is 5.81. The zero-order valence-corrected chi connectivity index (χ0v) is 6.96. The summed E-state index contributed by atoms with van der Waals surface area (Å²) in [4.78, 5) is 3.12. The van der Waals surface area contributed by atoms with E-state index in [2.05, 4.69) is 11.1 Å². The van der Waals surface area contributed by atoms with E-state index in [1.807, 2.05) is 25.3 Å². The van der Waals surface area contributed by atoms with Crippen molar-refractivity contribution in [3.8, 4) is 0 Å². The number of benzene rings is 1. The monoisotopic (exact) mass is 161 g/mol. The maximum atomic E-state index is 9.06. The highest BCUT2D eigenvalue weighted by Crippen LogP contribution is 2.19. The average Bonchev–Trinajstić information content (AvgIpc) is 2.50. The van der Waals surface area contributed by atoms with Crippen LogP contribution in [0.1, 0.15) is 11.1 Å². The fourth-order valence-electron chi connectivity index (χ4n) is 1.53. The van der Waals surface area contributed by atoms with Crippen molar-refractivity contribution in [2.75, 3.05) is 0 Å². The van der Waals surface area contributed by atoms with Crippen molar-refractivity contribution in [1.29, 1.82) is 0 Å². The van der Waals surface area contributed by atoms with Crippen molar-refractivity contribution < 1.29 is 5.11 Å². The van der Waals surface area contributed by atoms with E-state index in [1.54, 1.807) is 0 Å². The van der Waals surface area contributed by atoms with Gasteiger partial charge in [0.25, 0.3) is 0 Å². The smallest absolute Gasteiger partial charge is 0.0688 e. The molecule has 0 fully saturated rings. The Hall–Kier alpha value is -1.28. The van der Waals surface area contributed by atoms with Crippen molar-refractivity contribution >= 4 is 10.9 Å².